The number of rotatable bonds is 3. The van der Waals surface area contributed by atoms with Gasteiger partial charge in [0, 0.05) is 30.9 Å². The Kier molecular flexibility index (Phi) is 4.08. The van der Waals surface area contributed by atoms with Crippen molar-refractivity contribution in [3.63, 3.8) is 0 Å². The van der Waals surface area contributed by atoms with Crippen molar-refractivity contribution in [3.8, 4) is 0 Å². The zero-order valence-electron chi connectivity index (χ0n) is 14.0. The summed E-state index contributed by atoms with van der Waals surface area (Å²) in [4.78, 5) is 2.14. The molecule has 118 valence electrons. The second-order valence-corrected chi connectivity index (χ2v) is 6.16. The second-order valence-electron chi connectivity index (χ2n) is 6.16. The van der Waals surface area contributed by atoms with Gasteiger partial charge >= 0.3 is 0 Å². The molecule has 0 fully saturated rings. The maximum absolute atomic E-state index is 14.0. The lowest BCUT2D eigenvalue weighted by molar-refractivity contribution is 0.614. The highest BCUT2D eigenvalue weighted by atomic mass is 19.1. The van der Waals surface area contributed by atoms with Crippen LogP contribution in [-0.4, -0.2) is 7.05 Å². The third-order valence-corrected chi connectivity index (χ3v) is 4.61. The maximum Gasteiger partial charge on any atom is 0.126 e. The van der Waals surface area contributed by atoms with Crippen molar-refractivity contribution in [1.82, 2.24) is 0 Å². The molecule has 1 nitrogen and oxygen atoms in total. The Bertz CT molecular complexity index is 801. The fourth-order valence-electron chi connectivity index (χ4n) is 3.20. The molecule has 2 aromatic rings. The van der Waals surface area contributed by atoms with E-state index in [4.69, 9.17) is 0 Å². The van der Waals surface area contributed by atoms with Crippen LogP contribution in [0.15, 0.2) is 54.8 Å². The molecule has 1 aliphatic heterocycles. The van der Waals surface area contributed by atoms with Gasteiger partial charge in [0.2, 0.25) is 0 Å². The molecule has 0 saturated carbocycles. The van der Waals surface area contributed by atoms with Crippen molar-refractivity contribution in [3.05, 3.63) is 82.8 Å². The van der Waals surface area contributed by atoms with Gasteiger partial charge in [0.1, 0.15) is 5.82 Å². The first kappa shape index (κ1) is 15.5. The minimum Gasteiger partial charge on any atom is -0.350 e. The molecule has 0 bridgehead atoms. The summed E-state index contributed by atoms with van der Waals surface area (Å²) in [5.41, 5.74) is 7.73. The van der Waals surface area contributed by atoms with Gasteiger partial charge in [-0.15, -0.1) is 0 Å². The van der Waals surface area contributed by atoms with Gasteiger partial charge in [-0.05, 0) is 59.4 Å². The standard InChI is InChI=1S/C21H22FN/c1-5-16-12-21-19(15(3)14(2)13-23(21)4)11-18(16)10-17-8-6-7-9-20(17)22/h6-9,11-13H,3,5,10H2,1-2,4H3. The van der Waals surface area contributed by atoms with Gasteiger partial charge in [-0.25, -0.2) is 4.39 Å². The summed E-state index contributed by atoms with van der Waals surface area (Å²) < 4.78 is 14.0. The average Bonchev–Trinajstić information content (AvgIpc) is 2.54. The highest BCUT2D eigenvalue weighted by molar-refractivity contribution is 5.88. The highest BCUT2D eigenvalue weighted by Gasteiger charge is 2.19. The van der Waals surface area contributed by atoms with Gasteiger partial charge in [0.15, 0.2) is 0 Å². The zero-order chi connectivity index (χ0) is 16.6. The Morgan fingerprint density at radius 3 is 2.52 bits per heavy atom. The monoisotopic (exact) mass is 307 g/mol. The first-order chi connectivity index (χ1) is 11.0. The Hall–Kier alpha value is -2.35. The van der Waals surface area contributed by atoms with Crippen LogP contribution in [0.25, 0.3) is 5.57 Å². The molecule has 0 aromatic heterocycles. The summed E-state index contributed by atoms with van der Waals surface area (Å²) in [6, 6.07) is 11.4. The predicted octanol–water partition coefficient (Wildman–Crippen LogP) is 5.35. The van der Waals surface area contributed by atoms with Crippen LogP contribution in [0.1, 0.15) is 36.1 Å². The fourth-order valence-corrected chi connectivity index (χ4v) is 3.20. The van der Waals surface area contributed by atoms with Gasteiger partial charge in [0.05, 0.1) is 0 Å². The maximum atomic E-state index is 14.0. The molecule has 0 spiro atoms. The molecule has 0 radical (unpaired) electrons. The molecule has 0 unspecified atom stereocenters. The van der Waals surface area contributed by atoms with Gasteiger partial charge in [-0.2, -0.15) is 0 Å². The Morgan fingerprint density at radius 1 is 1.09 bits per heavy atom. The summed E-state index contributed by atoms with van der Waals surface area (Å²) in [6.45, 7) is 8.44. The van der Waals surface area contributed by atoms with Gasteiger partial charge in [-0.1, -0.05) is 31.7 Å². The Balaban J connectivity index is 2.09. The minimum absolute atomic E-state index is 0.140. The molecule has 2 aromatic carbocycles. The number of anilines is 1. The predicted molar refractivity (Wildman–Crippen MR) is 96.2 cm³/mol. The first-order valence-corrected chi connectivity index (χ1v) is 8.01. The summed E-state index contributed by atoms with van der Waals surface area (Å²) >= 11 is 0. The van der Waals surface area contributed by atoms with E-state index in [0.717, 1.165) is 23.1 Å². The Labute approximate surface area is 137 Å². The van der Waals surface area contributed by atoms with Crippen LogP contribution in [0.5, 0.6) is 0 Å². The molecular weight excluding hydrogens is 285 g/mol. The number of nitrogens with zero attached hydrogens (tertiary/aromatic N) is 1. The van der Waals surface area contributed by atoms with E-state index in [1.807, 2.05) is 12.1 Å². The lowest BCUT2D eigenvalue weighted by Crippen LogP contribution is -2.16. The van der Waals surface area contributed by atoms with Crippen LogP contribution in [-0.2, 0) is 12.8 Å². The van der Waals surface area contributed by atoms with E-state index in [9.17, 15) is 4.39 Å². The van der Waals surface area contributed by atoms with E-state index in [2.05, 4.69) is 50.7 Å². The van der Waals surface area contributed by atoms with Crippen molar-refractivity contribution >= 4 is 11.3 Å². The van der Waals surface area contributed by atoms with Crippen molar-refractivity contribution in [2.24, 2.45) is 0 Å². The summed E-state index contributed by atoms with van der Waals surface area (Å²) in [5.74, 6) is -0.140. The zero-order valence-corrected chi connectivity index (χ0v) is 14.0. The number of aryl methyl sites for hydroxylation is 1. The van der Waals surface area contributed by atoms with E-state index in [-0.39, 0.29) is 5.82 Å². The number of benzene rings is 2. The Morgan fingerprint density at radius 2 is 1.83 bits per heavy atom. The molecule has 0 saturated heterocycles. The van der Waals surface area contributed by atoms with Gasteiger partial charge < -0.3 is 4.90 Å². The molecule has 3 rings (SSSR count). The highest BCUT2D eigenvalue weighted by Crippen LogP contribution is 2.37. The second kappa shape index (κ2) is 6.04. The van der Waals surface area contributed by atoms with Crippen LogP contribution in [0.4, 0.5) is 10.1 Å². The van der Waals surface area contributed by atoms with E-state index in [1.54, 1.807) is 6.07 Å². The number of hydrogen-bond donors (Lipinski definition) is 0. The minimum atomic E-state index is -0.140. The quantitative estimate of drug-likeness (QED) is 0.739. The molecule has 1 aliphatic rings. The fraction of sp³-hybridized carbons (Fsp3) is 0.238. The number of hydrogen-bond acceptors (Lipinski definition) is 1. The van der Waals surface area contributed by atoms with Crippen molar-refractivity contribution in [2.45, 2.75) is 26.7 Å². The average molecular weight is 307 g/mol. The summed E-state index contributed by atoms with van der Waals surface area (Å²) in [7, 11) is 2.06. The van der Waals surface area contributed by atoms with E-state index in [1.165, 1.54) is 28.5 Å². The van der Waals surface area contributed by atoms with Crippen LogP contribution in [0.2, 0.25) is 0 Å². The van der Waals surface area contributed by atoms with Crippen molar-refractivity contribution in [1.29, 1.82) is 0 Å². The lowest BCUT2D eigenvalue weighted by Gasteiger charge is -2.28. The number of allylic oxidation sites excluding steroid dienone is 2. The number of halogens is 1. The van der Waals surface area contributed by atoms with E-state index < -0.39 is 0 Å². The molecule has 0 N–H and O–H groups in total. The molecule has 0 aliphatic carbocycles. The lowest BCUT2D eigenvalue weighted by atomic mass is 9.89. The van der Waals surface area contributed by atoms with E-state index >= 15 is 0 Å². The van der Waals surface area contributed by atoms with Crippen LogP contribution in [0, 0.1) is 5.82 Å². The molecule has 0 amide bonds. The first-order valence-electron chi connectivity index (χ1n) is 8.01. The topological polar surface area (TPSA) is 3.24 Å². The third kappa shape index (κ3) is 2.81. The molecular formula is C21H22FN. The largest absolute Gasteiger partial charge is 0.350 e. The third-order valence-electron chi connectivity index (χ3n) is 4.61. The van der Waals surface area contributed by atoms with Crippen LogP contribution < -0.4 is 4.90 Å². The molecule has 0 atom stereocenters. The molecule has 1 heterocycles. The van der Waals surface area contributed by atoms with Gasteiger partial charge in [0.25, 0.3) is 0 Å². The SMILES string of the molecule is C=C1C(C)=CN(C)c2cc(CC)c(Cc3ccccc3F)cc21. The number of fused-ring (bicyclic) bond motifs is 1. The normalized spacial score (nSPS) is 13.8. The van der Waals surface area contributed by atoms with Gasteiger partial charge in [-0.3, -0.25) is 0 Å². The molecule has 2 heteroatoms. The van der Waals surface area contributed by atoms with E-state index in [0.29, 0.717) is 6.42 Å². The molecule has 23 heavy (non-hydrogen) atoms. The van der Waals surface area contributed by atoms with Crippen LogP contribution in [0.3, 0.4) is 0 Å². The van der Waals surface area contributed by atoms with Crippen molar-refractivity contribution in [2.75, 3.05) is 11.9 Å². The summed E-state index contributed by atoms with van der Waals surface area (Å²) in [5, 5.41) is 0. The smallest absolute Gasteiger partial charge is 0.126 e. The van der Waals surface area contributed by atoms with Crippen molar-refractivity contribution < 1.29 is 4.39 Å². The summed E-state index contributed by atoms with van der Waals surface area (Å²) in [6.07, 6.45) is 3.66. The van der Waals surface area contributed by atoms with Crippen LogP contribution >= 0.6 is 0 Å².